The molecule has 1 aliphatic rings. The summed E-state index contributed by atoms with van der Waals surface area (Å²) >= 11 is 0. The monoisotopic (exact) mass is 197 g/mol. The Hall–Kier alpha value is -0.340. The van der Waals surface area contributed by atoms with Gasteiger partial charge in [-0.05, 0) is 32.7 Å². The van der Waals surface area contributed by atoms with Crippen molar-refractivity contribution in [3.05, 3.63) is 11.6 Å². The van der Waals surface area contributed by atoms with E-state index < -0.39 is 0 Å². The lowest BCUT2D eigenvalue weighted by molar-refractivity contribution is 0.0707. The van der Waals surface area contributed by atoms with Gasteiger partial charge in [0.25, 0.3) is 0 Å². The van der Waals surface area contributed by atoms with Crippen LogP contribution in [0.2, 0.25) is 0 Å². The molecule has 0 aromatic rings. The van der Waals surface area contributed by atoms with Crippen molar-refractivity contribution in [2.75, 3.05) is 26.3 Å². The topological polar surface area (TPSA) is 21.3 Å². The second-order valence-corrected chi connectivity index (χ2v) is 4.17. The van der Waals surface area contributed by atoms with E-state index in [-0.39, 0.29) is 0 Å². The molecule has 0 aliphatic carbocycles. The molecule has 1 heterocycles. The first-order valence-corrected chi connectivity index (χ1v) is 5.78. The van der Waals surface area contributed by atoms with E-state index in [2.05, 4.69) is 25.2 Å². The van der Waals surface area contributed by atoms with Crippen molar-refractivity contribution >= 4 is 0 Å². The third kappa shape index (κ3) is 4.77. The quantitative estimate of drug-likeness (QED) is 0.539. The minimum Gasteiger partial charge on any atom is -0.381 e. The highest BCUT2D eigenvalue weighted by atomic mass is 16.5. The van der Waals surface area contributed by atoms with E-state index in [1.807, 2.05) is 0 Å². The van der Waals surface area contributed by atoms with Crippen LogP contribution in [0.4, 0.5) is 0 Å². The minimum atomic E-state index is 0.659. The molecule has 0 amide bonds. The molecule has 0 bridgehead atoms. The Morgan fingerprint density at radius 3 is 3.07 bits per heavy atom. The zero-order valence-electron chi connectivity index (χ0n) is 9.51. The van der Waals surface area contributed by atoms with Gasteiger partial charge in [0, 0.05) is 19.1 Å². The predicted molar refractivity (Wildman–Crippen MR) is 60.5 cm³/mol. The smallest absolute Gasteiger partial charge is 0.0528 e. The molecular weight excluding hydrogens is 174 g/mol. The Bertz CT molecular complexity index is 171. The summed E-state index contributed by atoms with van der Waals surface area (Å²) in [6, 6.07) is 0. The summed E-state index contributed by atoms with van der Waals surface area (Å²) in [6.45, 7) is 8.43. The van der Waals surface area contributed by atoms with Gasteiger partial charge in [-0.25, -0.2) is 0 Å². The van der Waals surface area contributed by atoms with E-state index in [0.717, 1.165) is 26.3 Å². The molecule has 1 rings (SSSR count). The molecule has 2 nitrogen and oxygen atoms in total. The highest BCUT2D eigenvalue weighted by Gasteiger charge is 2.10. The number of rotatable bonds is 5. The first-order valence-electron chi connectivity index (χ1n) is 5.78. The summed E-state index contributed by atoms with van der Waals surface area (Å²) in [5.41, 5.74) is 1.45. The molecule has 1 unspecified atom stereocenters. The van der Waals surface area contributed by atoms with E-state index in [0.29, 0.717) is 5.92 Å². The Labute approximate surface area is 87.7 Å². The average Bonchev–Trinajstić information content (AvgIpc) is 2.20. The molecule has 2 heteroatoms. The molecular formula is C12H23NO. The van der Waals surface area contributed by atoms with Gasteiger partial charge in [0.2, 0.25) is 0 Å². The SMILES string of the molecule is CCCNC/C(C)=C/C1CCCOC1. The molecule has 0 spiro atoms. The van der Waals surface area contributed by atoms with Gasteiger partial charge in [-0.2, -0.15) is 0 Å². The fraction of sp³-hybridized carbons (Fsp3) is 0.833. The molecule has 1 fully saturated rings. The van der Waals surface area contributed by atoms with Gasteiger partial charge in [0.05, 0.1) is 6.61 Å². The van der Waals surface area contributed by atoms with Gasteiger partial charge in [0.1, 0.15) is 0 Å². The molecule has 1 atom stereocenters. The van der Waals surface area contributed by atoms with Crippen LogP contribution in [0, 0.1) is 5.92 Å². The number of ether oxygens (including phenoxy) is 1. The van der Waals surface area contributed by atoms with E-state index in [1.165, 1.54) is 24.8 Å². The lowest BCUT2D eigenvalue weighted by Gasteiger charge is -2.19. The van der Waals surface area contributed by atoms with Gasteiger partial charge in [-0.3, -0.25) is 0 Å². The lowest BCUT2D eigenvalue weighted by atomic mass is 9.99. The summed E-state index contributed by atoms with van der Waals surface area (Å²) in [5.74, 6) is 0.659. The van der Waals surface area contributed by atoms with Gasteiger partial charge >= 0.3 is 0 Å². The molecule has 0 saturated carbocycles. The van der Waals surface area contributed by atoms with Crippen LogP contribution in [0.3, 0.4) is 0 Å². The van der Waals surface area contributed by atoms with Gasteiger partial charge in [-0.1, -0.05) is 18.6 Å². The first kappa shape index (κ1) is 11.7. The Morgan fingerprint density at radius 2 is 2.43 bits per heavy atom. The van der Waals surface area contributed by atoms with Crippen LogP contribution in [0.5, 0.6) is 0 Å². The van der Waals surface area contributed by atoms with Crippen molar-refractivity contribution in [2.24, 2.45) is 5.92 Å². The molecule has 82 valence electrons. The summed E-state index contributed by atoms with van der Waals surface area (Å²) in [7, 11) is 0. The Morgan fingerprint density at radius 1 is 1.57 bits per heavy atom. The molecule has 0 aromatic heterocycles. The number of hydrogen-bond acceptors (Lipinski definition) is 2. The fourth-order valence-electron chi connectivity index (χ4n) is 1.82. The maximum atomic E-state index is 5.44. The zero-order valence-corrected chi connectivity index (χ0v) is 9.51. The van der Waals surface area contributed by atoms with Gasteiger partial charge < -0.3 is 10.1 Å². The van der Waals surface area contributed by atoms with Crippen molar-refractivity contribution < 1.29 is 4.74 Å². The second kappa shape index (κ2) is 7.02. The van der Waals surface area contributed by atoms with Gasteiger partial charge in [-0.15, -0.1) is 0 Å². The van der Waals surface area contributed by atoms with E-state index in [1.54, 1.807) is 0 Å². The number of nitrogens with one attached hydrogen (secondary N) is 1. The van der Waals surface area contributed by atoms with Gasteiger partial charge in [0.15, 0.2) is 0 Å². The van der Waals surface area contributed by atoms with Crippen LogP contribution >= 0.6 is 0 Å². The maximum absolute atomic E-state index is 5.44. The van der Waals surface area contributed by atoms with Crippen LogP contribution in [0.1, 0.15) is 33.1 Å². The summed E-state index contributed by atoms with van der Waals surface area (Å²) in [4.78, 5) is 0. The summed E-state index contributed by atoms with van der Waals surface area (Å²) in [6.07, 6.45) is 6.10. The van der Waals surface area contributed by atoms with Crippen molar-refractivity contribution in [3.63, 3.8) is 0 Å². The highest BCUT2D eigenvalue weighted by Crippen LogP contribution is 2.16. The summed E-state index contributed by atoms with van der Waals surface area (Å²) in [5, 5.41) is 3.42. The maximum Gasteiger partial charge on any atom is 0.0528 e. The van der Waals surface area contributed by atoms with Crippen LogP contribution < -0.4 is 5.32 Å². The lowest BCUT2D eigenvalue weighted by Crippen LogP contribution is -2.19. The average molecular weight is 197 g/mol. The predicted octanol–water partition coefficient (Wildman–Crippen LogP) is 2.36. The Balaban J connectivity index is 2.19. The van der Waals surface area contributed by atoms with Crippen molar-refractivity contribution in [1.82, 2.24) is 5.32 Å². The Kier molecular flexibility index (Phi) is 5.88. The van der Waals surface area contributed by atoms with Crippen LogP contribution in [0.25, 0.3) is 0 Å². The van der Waals surface area contributed by atoms with Crippen LogP contribution in [-0.4, -0.2) is 26.3 Å². The van der Waals surface area contributed by atoms with Crippen LogP contribution in [0.15, 0.2) is 11.6 Å². The molecule has 1 saturated heterocycles. The van der Waals surface area contributed by atoms with E-state index >= 15 is 0 Å². The third-order valence-corrected chi connectivity index (χ3v) is 2.55. The number of hydrogen-bond donors (Lipinski definition) is 1. The molecule has 0 radical (unpaired) electrons. The highest BCUT2D eigenvalue weighted by molar-refractivity contribution is 5.03. The second-order valence-electron chi connectivity index (χ2n) is 4.17. The van der Waals surface area contributed by atoms with Crippen molar-refractivity contribution in [2.45, 2.75) is 33.1 Å². The van der Waals surface area contributed by atoms with E-state index in [4.69, 9.17) is 4.74 Å². The standard InChI is InChI=1S/C12H23NO/c1-3-6-13-9-11(2)8-12-5-4-7-14-10-12/h8,12-13H,3-7,9-10H2,1-2H3/b11-8+. The fourth-order valence-corrected chi connectivity index (χ4v) is 1.82. The van der Waals surface area contributed by atoms with Crippen LogP contribution in [-0.2, 0) is 4.74 Å². The zero-order chi connectivity index (χ0) is 10.2. The summed E-state index contributed by atoms with van der Waals surface area (Å²) < 4.78 is 5.44. The normalized spacial score (nSPS) is 23.9. The van der Waals surface area contributed by atoms with Crippen molar-refractivity contribution in [3.8, 4) is 0 Å². The first-order chi connectivity index (χ1) is 6.83. The molecule has 14 heavy (non-hydrogen) atoms. The van der Waals surface area contributed by atoms with E-state index in [9.17, 15) is 0 Å². The minimum absolute atomic E-state index is 0.659. The van der Waals surface area contributed by atoms with Crippen molar-refractivity contribution in [1.29, 1.82) is 0 Å². The molecule has 0 aromatic carbocycles. The molecule has 1 aliphatic heterocycles. The third-order valence-electron chi connectivity index (χ3n) is 2.55. The largest absolute Gasteiger partial charge is 0.381 e. The molecule has 1 N–H and O–H groups in total.